The van der Waals surface area contributed by atoms with Crippen LogP contribution >= 0.6 is 0 Å². The fourth-order valence-corrected chi connectivity index (χ4v) is 3.28. The lowest BCUT2D eigenvalue weighted by Crippen LogP contribution is -2.50. The van der Waals surface area contributed by atoms with Gasteiger partial charge >= 0.3 is 0 Å². The van der Waals surface area contributed by atoms with Crippen LogP contribution in [0.15, 0.2) is 6.33 Å². The summed E-state index contributed by atoms with van der Waals surface area (Å²) in [5.74, 6) is 1.07. The van der Waals surface area contributed by atoms with Gasteiger partial charge in [0, 0.05) is 12.5 Å². The Morgan fingerprint density at radius 3 is 2.63 bits per heavy atom. The number of hydrogen-bond acceptors (Lipinski definition) is 5. The zero-order valence-corrected chi connectivity index (χ0v) is 11.6. The van der Waals surface area contributed by atoms with Crippen LogP contribution in [0.3, 0.4) is 0 Å². The molecule has 3 rings (SSSR count). The molecule has 1 aromatic rings. The van der Waals surface area contributed by atoms with E-state index in [0.717, 1.165) is 31.8 Å². The third-order valence-corrected chi connectivity index (χ3v) is 4.64. The molecular formula is C13H22N4O2. The third-order valence-electron chi connectivity index (χ3n) is 4.64. The summed E-state index contributed by atoms with van der Waals surface area (Å²) in [4.78, 5) is 2.36. The van der Waals surface area contributed by atoms with Gasteiger partial charge < -0.3 is 14.4 Å². The first kappa shape index (κ1) is 13.0. The molecule has 0 saturated carbocycles. The maximum absolute atomic E-state index is 9.91. The van der Waals surface area contributed by atoms with Gasteiger partial charge in [0.05, 0.1) is 25.4 Å². The summed E-state index contributed by atoms with van der Waals surface area (Å²) in [5, 5.41) is 18.2. The SMILES string of the molecule is Cn1cnnc1C1(C)CCN(C2COCC2O)CC1. The first-order chi connectivity index (χ1) is 9.10. The Labute approximate surface area is 113 Å². The second-order valence-corrected chi connectivity index (χ2v) is 6.03. The largest absolute Gasteiger partial charge is 0.389 e. The highest BCUT2D eigenvalue weighted by Crippen LogP contribution is 2.34. The van der Waals surface area contributed by atoms with Gasteiger partial charge in [0.15, 0.2) is 0 Å². The monoisotopic (exact) mass is 266 g/mol. The minimum Gasteiger partial charge on any atom is -0.389 e. The van der Waals surface area contributed by atoms with Crippen molar-refractivity contribution in [1.82, 2.24) is 19.7 Å². The third kappa shape index (κ3) is 2.28. The van der Waals surface area contributed by atoms with Crippen LogP contribution in [0.25, 0.3) is 0 Å². The fourth-order valence-electron chi connectivity index (χ4n) is 3.28. The fraction of sp³-hybridized carbons (Fsp3) is 0.846. The Bertz CT molecular complexity index is 440. The number of rotatable bonds is 2. The molecule has 2 unspecified atom stereocenters. The van der Waals surface area contributed by atoms with Crippen molar-refractivity contribution >= 4 is 0 Å². The Hall–Kier alpha value is -0.980. The first-order valence-electron chi connectivity index (χ1n) is 6.94. The maximum atomic E-state index is 9.91. The molecule has 0 radical (unpaired) electrons. The van der Waals surface area contributed by atoms with Crippen molar-refractivity contribution in [3.63, 3.8) is 0 Å². The van der Waals surface area contributed by atoms with E-state index >= 15 is 0 Å². The van der Waals surface area contributed by atoms with Gasteiger partial charge in [-0.05, 0) is 25.9 Å². The van der Waals surface area contributed by atoms with Crippen molar-refractivity contribution in [2.75, 3.05) is 26.3 Å². The van der Waals surface area contributed by atoms with Crippen molar-refractivity contribution in [2.24, 2.45) is 7.05 Å². The number of ether oxygens (including phenoxy) is 1. The highest BCUT2D eigenvalue weighted by Gasteiger charge is 2.40. The zero-order chi connectivity index (χ0) is 13.5. The van der Waals surface area contributed by atoms with Gasteiger partial charge in [0.2, 0.25) is 0 Å². The van der Waals surface area contributed by atoms with Crippen LogP contribution in [0.2, 0.25) is 0 Å². The highest BCUT2D eigenvalue weighted by molar-refractivity contribution is 5.08. The Morgan fingerprint density at radius 1 is 1.37 bits per heavy atom. The standard InChI is InChI=1S/C13H22N4O2/c1-13(12-15-14-9-16(12)2)3-5-17(6-4-13)10-7-19-8-11(10)18/h9-11,18H,3-8H2,1-2H3. The minimum absolute atomic E-state index is 0.0894. The van der Waals surface area contributed by atoms with Gasteiger partial charge in [-0.25, -0.2) is 0 Å². The summed E-state index contributed by atoms with van der Waals surface area (Å²) in [5.41, 5.74) is 0.0894. The van der Waals surface area contributed by atoms with Crippen LogP contribution in [0, 0.1) is 0 Å². The van der Waals surface area contributed by atoms with Crippen LogP contribution in [0.5, 0.6) is 0 Å². The molecule has 0 amide bonds. The molecule has 2 aliphatic heterocycles. The van der Waals surface area contributed by atoms with Crippen LogP contribution in [-0.4, -0.2) is 63.2 Å². The lowest BCUT2D eigenvalue weighted by Gasteiger charge is -2.41. The Kier molecular flexibility index (Phi) is 3.32. The van der Waals surface area contributed by atoms with Gasteiger partial charge in [-0.3, -0.25) is 4.90 Å². The van der Waals surface area contributed by atoms with E-state index in [1.54, 1.807) is 6.33 Å². The Morgan fingerprint density at radius 2 is 2.11 bits per heavy atom. The van der Waals surface area contributed by atoms with E-state index in [1.807, 2.05) is 11.6 Å². The van der Waals surface area contributed by atoms with Gasteiger partial charge in [-0.2, -0.15) is 0 Å². The molecule has 1 aromatic heterocycles. The quantitative estimate of drug-likeness (QED) is 0.812. The number of aliphatic hydroxyl groups excluding tert-OH is 1. The number of aromatic nitrogens is 3. The predicted octanol–water partition coefficient (Wildman–Crippen LogP) is -0.0717. The molecule has 2 saturated heterocycles. The molecular weight excluding hydrogens is 244 g/mol. The molecule has 2 fully saturated rings. The number of aryl methyl sites for hydroxylation is 1. The predicted molar refractivity (Wildman–Crippen MR) is 69.8 cm³/mol. The van der Waals surface area contributed by atoms with Crippen LogP contribution in [0.4, 0.5) is 0 Å². The Balaban J connectivity index is 1.67. The highest BCUT2D eigenvalue weighted by atomic mass is 16.5. The molecule has 2 aliphatic rings. The minimum atomic E-state index is -0.334. The van der Waals surface area contributed by atoms with Crippen molar-refractivity contribution < 1.29 is 9.84 Å². The topological polar surface area (TPSA) is 63.4 Å². The number of piperidine rings is 1. The number of aliphatic hydroxyl groups is 1. The van der Waals surface area contributed by atoms with Crippen LogP contribution in [-0.2, 0) is 17.2 Å². The second kappa shape index (κ2) is 4.85. The van der Waals surface area contributed by atoms with E-state index in [1.165, 1.54) is 0 Å². The van der Waals surface area contributed by atoms with E-state index in [-0.39, 0.29) is 17.6 Å². The van der Waals surface area contributed by atoms with Crippen molar-refractivity contribution in [3.05, 3.63) is 12.2 Å². The molecule has 6 nitrogen and oxygen atoms in total. The van der Waals surface area contributed by atoms with Crippen LogP contribution < -0.4 is 0 Å². The van der Waals surface area contributed by atoms with Gasteiger partial charge in [-0.1, -0.05) is 6.92 Å². The molecule has 0 spiro atoms. The van der Waals surface area contributed by atoms with Crippen molar-refractivity contribution in [1.29, 1.82) is 0 Å². The average Bonchev–Trinajstić information content (AvgIpc) is 2.99. The summed E-state index contributed by atoms with van der Waals surface area (Å²) in [6, 6.07) is 0.170. The summed E-state index contributed by atoms with van der Waals surface area (Å²) < 4.78 is 7.36. The molecule has 106 valence electrons. The molecule has 1 N–H and O–H groups in total. The second-order valence-electron chi connectivity index (χ2n) is 6.03. The molecule has 3 heterocycles. The summed E-state index contributed by atoms with van der Waals surface area (Å²) >= 11 is 0. The summed E-state index contributed by atoms with van der Waals surface area (Å²) in [7, 11) is 2.00. The first-order valence-corrected chi connectivity index (χ1v) is 6.94. The van der Waals surface area contributed by atoms with Gasteiger partial charge in [0.25, 0.3) is 0 Å². The van der Waals surface area contributed by atoms with E-state index in [2.05, 4.69) is 22.0 Å². The molecule has 0 aromatic carbocycles. The molecule has 0 bridgehead atoms. The number of hydrogen-bond donors (Lipinski definition) is 1. The molecule has 2 atom stereocenters. The molecule has 0 aliphatic carbocycles. The lowest BCUT2D eigenvalue weighted by molar-refractivity contribution is 0.0522. The molecule has 6 heteroatoms. The van der Waals surface area contributed by atoms with Gasteiger partial charge in [-0.15, -0.1) is 10.2 Å². The normalized spacial score (nSPS) is 31.7. The van der Waals surface area contributed by atoms with E-state index in [4.69, 9.17) is 4.74 Å². The lowest BCUT2D eigenvalue weighted by atomic mass is 9.79. The molecule has 19 heavy (non-hydrogen) atoms. The van der Waals surface area contributed by atoms with E-state index < -0.39 is 0 Å². The summed E-state index contributed by atoms with van der Waals surface area (Å²) in [6.07, 6.45) is 3.52. The van der Waals surface area contributed by atoms with Crippen molar-refractivity contribution in [3.8, 4) is 0 Å². The van der Waals surface area contributed by atoms with Crippen molar-refractivity contribution in [2.45, 2.75) is 37.3 Å². The number of likely N-dealkylation sites (tertiary alicyclic amines) is 1. The maximum Gasteiger partial charge on any atom is 0.138 e. The smallest absolute Gasteiger partial charge is 0.138 e. The van der Waals surface area contributed by atoms with E-state index in [9.17, 15) is 5.11 Å². The number of nitrogens with zero attached hydrogens (tertiary/aromatic N) is 4. The zero-order valence-electron chi connectivity index (χ0n) is 11.6. The van der Waals surface area contributed by atoms with E-state index in [0.29, 0.717) is 13.2 Å². The van der Waals surface area contributed by atoms with Crippen LogP contribution in [0.1, 0.15) is 25.6 Å². The van der Waals surface area contributed by atoms with Gasteiger partial charge in [0.1, 0.15) is 12.2 Å². The average molecular weight is 266 g/mol. The summed E-state index contributed by atoms with van der Waals surface area (Å²) in [6.45, 7) is 5.35.